The molecule has 1 aromatic carbocycles. The smallest absolute Gasteiger partial charge is 0.178 e. The van der Waals surface area contributed by atoms with Crippen LogP contribution in [-0.4, -0.2) is 10.8 Å². The highest BCUT2D eigenvalue weighted by Crippen LogP contribution is 2.24. The SMILES string of the molecule is CC(=O)c1cccc(/C(C)=C(\C)c2ccccc2)n1. The van der Waals surface area contributed by atoms with E-state index < -0.39 is 0 Å². The van der Waals surface area contributed by atoms with E-state index in [9.17, 15) is 4.79 Å². The zero-order valence-corrected chi connectivity index (χ0v) is 11.5. The van der Waals surface area contributed by atoms with Crippen molar-refractivity contribution in [2.75, 3.05) is 0 Å². The molecule has 0 saturated heterocycles. The first-order valence-electron chi connectivity index (χ1n) is 6.31. The summed E-state index contributed by atoms with van der Waals surface area (Å²) in [5, 5.41) is 0. The minimum absolute atomic E-state index is 0.00739. The minimum Gasteiger partial charge on any atom is -0.293 e. The maximum atomic E-state index is 11.4. The third-order valence-corrected chi connectivity index (χ3v) is 3.26. The molecule has 2 heteroatoms. The summed E-state index contributed by atoms with van der Waals surface area (Å²) in [5.41, 5.74) is 4.81. The molecule has 0 bridgehead atoms. The Morgan fingerprint density at radius 1 is 0.789 bits per heavy atom. The predicted octanol–water partition coefficient (Wildman–Crippen LogP) is 4.23. The van der Waals surface area contributed by atoms with Gasteiger partial charge in [0.15, 0.2) is 5.78 Å². The molecule has 1 heterocycles. The van der Waals surface area contributed by atoms with Gasteiger partial charge in [-0.2, -0.15) is 0 Å². The summed E-state index contributed by atoms with van der Waals surface area (Å²) in [5.74, 6) is -0.00739. The van der Waals surface area contributed by atoms with Crippen LogP contribution < -0.4 is 0 Å². The van der Waals surface area contributed by atoms with Crippen molar-refractivity contribution in [2.45, 2.75) is 20.8 Å². The Hall–Kier alpha value is -2.22. The van der Waals surface area contributed by atoms with Gasteiger partial charge in [-0.25, -0.2) is 4.98 Å². The van der Waals surface area contributed by atoms with Crippen LogP contribution >= 0.6 is 0 Å². The molecule has 0 unspecified atom stereocenters. The summed E-state index contributed by atoms with van der Waals surface area (Å²) in [6.45, 7) is 5.65. The summed E-state index contributed by atoms with van der Waals surface area (Å²) >= 11 is 0. The van der Waals surface area contributed by atoms with Gasteiger partial charge >= 0.3 is 0 Å². The van der Waals surface area contributed by atoms with Gasteiger partial charge in [0.05, 0.1) is 5.69 Å². The Labute approximate surface area is 113 Å². The number of Topliss-reactive ketones (excluding diaryl/α,β-unsaturated/α-hetero) is 1. The molecule has 0 spiro atoms. The lowest BCUT2D eigenvalue weighted by atomic mass is 10.00. The highest BCUT2D eigenvalue weighted by atomic mass is 16.1. The second-order valence-corrected chi connectivity index (χ2v) is 4.58. The van der Waals surface area contributed by atoms with E-state index in [2.05, 4.69) is 24.0 Å². The molecule has 96 valence electrons. The van der Waals surface area contributed by atoms with Gasteiger partial charge in [0.2, 0.25) is 0 Å². The number of allylic oxidation sites excluding steroid dienone is 2. The van der Waals surface area contributed by atoms with Crippen molar-refractivity contribution < 1.29 is 4.79 Å². The number of benzene rings is 1. The number of carbonyl (C=O) groups is 1. The van der Waals surface area contributed by atoms with Crippen LogP contribution in [0.2, 0.25) is 0 Å². The van der Waals surface area contributed by atoms with Gasteiger partial charge in [0.1, 0.15) is 5.69 Å². The minimum atomic E-state index is -0.00739. The molecule has 0 fully saturated rings. The molecule has 0 N–H and O–H groups in total. The highest BCUT2D eigenvalue weighted by Gasteiger charge is 2.07. The normalized spacial score (nSPS) is 11.9. The lowest BCUT2D eigenvalue weighted by Crippen LogP contribution is -1.99. The average molecular weight is 251 g/mol. The van der Waals surface area contributed by atoms with Crippen molar-refractivity contribution in [1.29, 1.82) is 0 Å². The maximum Gasteiger partial charge on any atom is 0.178 e. The van der Waals surface area contributed by atoms with Gasteiger partial charge in [-0.15, -0.1) is 0 Å². The first kappa shape index (κ1) is 13.2. The van der Waals surface area contributed by atoms with Crippen molar-refractivity contribution in [2.24, 2.45) is 0 Å². The van der Waals surface area contributed by atoms with E-state index in [1.165, 1.54) is 18.1 Å². The van der Waals surface area contributed by atoms with Crippen molar-refractivity contribution in [3.05, 3.63) is 65.5 Å². The van der Waals surface area contributed by atoms with E-state index in [1.54, 1.807) is 6.07 Å². The molecule has 0 aliphatic heterocycles. The van der Waals surface area contributed by atoms with E-state index in [-0.39, 0.29) is 5.78 Å². The maximum absolute atomic E-state index is 11.4. The topological polar surface area (TPSA) is 30.0 Å². The highest BCUT2D eigenvalue weighted by molar-refractivity contribution is 5.93. The Kier molecular flexibility index (Phi) is 3.91. The molecule has 0 amide bonds. The zero-order chi connectivity index (χ0) is 13.8. The summed E-state index contributed by atoms with van der Waals surface area (Å²) in [4.78, 5) is 15.8. The van der Waals surface area contributed by atoms with Crippen LogP contribution in [0.1, 0.15) is 42.5 Å². The third kappa shape index (κ3) is 2.97. The Morgan fingerprint density at radius 3 is 2.05 bits per heavy atom. The zero-order valence-electron chi connectivity index (χ0n) is 11.5. The van der Waals surface area contributed by atoms with Crippen LogP contribution in [0, 0.1) is 0 Å². The van der Waals surface area contributed by atoms with Crippen molar-refractivity contribution in [1.82, 2.24) is 4.98 Å². The number of pyridine rings is 1. The van der Waals surface area contributed by atoms with E-state index in [4.69, 9.17) is 0 Å². The van der Waals surface area contributed by atoms with Gasteiger partial charge in [-0.3, -0.25) is 4.79 Å². The van der Waals surface area contributed by atoms with Gasteiger partial charge < -0.3 is 0 Å². The monoisotopic (exact) mass is 251 g/mol. The van der Waals surface area contributed by atoms with E-state index in [1.807, 2.05) is 37.3 Å². The van der Waals surface area contributed by atoms with Gasteiger partial charge in [0.25, 0.3) is 0 Å². The van der Waals surface area contributed by atoms with E-state index in [0.717, 1.165) is 11.3 Å². The van der Waals surface area contributed by atoms with Gasteiger partial charge in [0, 0.05) is 6.92 Å². The second kappa shape index (κ2) is 5.61. The number of ketones is 1. The van der Waals surface area contributed by atoms with Crippen LogP contribution in [0.5, 0.6) is 0 Å². The number of rotatable bonds is 3. The number of nitrogens with zero attached hydrogens (tertiary/aromatic N) is 1. The molecule has 0 saturated carbocycles. The van der Waals surface area contributed by atoms with Crippen LogP contribution in [0.3, 0.4) is 0 Å². The quantitative estimate of drug-likeness (QED) is 0.764. The Morgan fingerprint density at radius 2 is 1.42 bits per heavy atom. The van der Waals surface area contributed by atoms with Crippen LogP contribution in [0.25, 0.3) is 11.1 Å². The van der Waals surface area contributed by atoms with Crippen molar-refractivity contribution in [3.8, 4) is 0 Å². The summed E-state index contributed by atoms with van der Waals surface area (Å²) in [7, 11) is 0. The molecule has 0 aliphatic rings. The molecule has 2 nitrogen and oxygen atoms in total. The van der Waals surface area contributed by atoms with Crippen molar-refractivity contribution in [3.63, 3.8) is 0 Å². The molecule has 2 aromatic rings. The fourth-order valence-electron chi connectivity index (χ4n) is 1.94. The fraction of sp³-hybridized carbons (Fsp3) is 0.176. The molecule has 0 atom stereocenters. The second-order valence-electron chi connectivity index (χ2n) is 4.58. The van der Waals surface area contributed by atoms with Gasteiger partial charge in [-0.1, -0.05) is 36.4 Å². The lowest BCUT2D eigenvalue weighted by Gasteiger charge is -2.08. The number of carbonyl (C=O) groups excluding carboxylic acids is 1. The number of hydrogen-bond donors (Lipinski definition) is 0. The molecule has 19 heavy (non-hydrogen) atoms. The number of aromatic nitrogens is 1. The van der Waals surface area contributed by atoms with E-state index >= 15 is 0 Å². The molecule has 1 aromatic heterocycles. The standard InChI is InChI=1S/C17H17NO/c1-12(15-8-5-4-6-9-15)13(2)16-10-7-11-17(18-16)14(3)19/h4-11H,1-3H3/b13-12+. The Balaban J connectivity index is 2.46. The average Bonchev–Trinajstić information content (AvgIpc) is 2.46. The van der Waals surface area contributed by atoms with Crippen LogP contribution in [-0.2, 0) is 0 Å². The fourth-order valence-corrected chi connectivity index (χ4v) is 1.94. The molecule has 0 aliphatic carbocycles. The number of hydrogen-bond acceptors (Lipinski definition) is 2. The lowest BCUT2D eigenvalue weighted by molar-refractivity contribution is 0.101. The molecule has 2 rings (SSSR count). The largest absolute Gasteiger partial charge is 0.293 e. The van der Waals surface area contributed by atoms with Crippen LogP contribution in [0.4, 0.5) is 0 Å². The molecular formula is C17H17NO. The molecule has 0 radical (unpaired) electrons. The van der Waals surface area contributed by atoms with Crippen molar-refractivity contribution >= 4 is 16.9 Å². The predicted molar refractivity (Wildman–Crippen MR) is 78.8 cm³/mol. The van der Waals surface area contributed by atoms with Crippen LogP contribution in [0.15, 0.2) is 48.5 Å². The summed E-state index contributed by atoms with van der Waals surface area (Å²) < 4.78 is 0. The summed E-state index contributed by atoms with van der Waals surface area (Å²) in [6, 6.07) is 15.8. The first-order chi connectivity index (χ1) is 9.09. The summed E-state index contributed by atoms with van der Waals surface area (Å²) in [6.07, 6.45) is 0. The van der Waals surface area contributed by atoms with Gasteiger partial charge in [-0.05, 0) is 42.7 Å². The molecular weight excluding hydrogens is 234 g/mol. The Bertz CT molecular complexity index is 627. The third-order valence-electron chi connectivity index (χ3n) is 3.26. The first-order valence-corrected chi connectivity index (χ1v) is 6.31. The van der Waals surface area contributed by atoms with E-state index in [0.29, 0.717) is 5.69 Å².